The number of nitrogens with one attached hydrogen (secondary N) is 1. The SMILES string of the molecule is C#C[C@](COP(=O)(N[C@@H](C)C(=O)OCCCCCCCCCCCCCCCCC)Oc1ccccc1)(OC)[C@@H](O)Cn1cnc2c(N)nc(F)nc21. The first-order valence-electron chi connectivity index (χ1n) is 18.8. The Labute approximate surface area is 313 Å². The number of carbonyl (C=O) groups excluding carboxylic acids is 1. The lowest BCUT2D eigenvalue weighted by Gasteiger charge is -2.33. The Morgan fingerprint density at radius 1 is 1.02 bits per heavy atom. The van der Waals surface area contributed by atoms with Crippen LogP contribution in [0.2, 0.25) is 0 Å². The summed E-state index contributed by atoms with van der Waals surface area (Å²) < 4.78 is 51.8. The Morgan fingerprint density at radius 3 is 2.17 bits per heavy atom. The summed E-state index contributed by atoms with van der Waals surface area (Å²) in [6.07, 6.45) is 23.0. The van der Waals surface area contributed by atoms with E-state index >= 15 is 0 Å². The van der Waals surface area contributed by atoms with Crippen molar-refractivity contribution in [3.05, 3.63) is 42.7 Å². The number of aromatic nitrogens is 4. The summed E-state index contributed by atoms with van der Waals surface area (Å²) in [6.45, 7) is 3.03. The molecule has 13 nitrogen and oxygen atoms in total. The number of terminal acetylenes is 1. The van der Waals surface area contributed by atoms with E-state index in [4.69, 9.17) is 30.7 Å². The van der Waals surface area contributed by atoms with E-state index in [1.54, 1.807) is 30.3 Å². The van der Waals surface area contributed by atoms with Crippen LogP contribution in [0.3, 0.4) is 0 Å². The van der Waals surface area contributed by atoms with Crippen molar-refractivity contribution in [2.24, 2.45) is 0 Å². The highest BCUT2D eigenvalue weighted by atomic mass is 31.2. The van der Waals surface area contributed by atoms with Crippen LogP contribution >= 0.6 is 7.75 Å². The van der Waals surface area contributed by atoms with Crippen molar-refractivity contribution >= 4 is 30.7 Å². The fraction of sp³-hybridized carbons (Fsp3) is 0.632. The number of para-hydroxylation sites is 1. The minimum atomic E-state index is -4.36. The number of nitrogens with zero attached hydrogens (tertiary/aromatic N) is 4. The fourth-order valence-corrected chi connectivity index (χ4v) is 7.37. The number of imidazole rings is 1. The summed E-state index contributed by atoms with van der Waals surface area (Å²) in [5.41, 5.74) is 4.02. The van der Waals surface area contributed by atoms with Crippen LogP contribution in [0.5, 0.6) is 5.75 Å². The van der Waals surface area contributed by atoms with Gasteiger partial charge in [-0.25, -0.2) is 9.55 Å². The number of unbranched alkanes of at least 4 members (excludes halogenated alkanes) is 14. The Morgan fingerprint density at radius 2 is 1.60 bits per heavy atom. The Bertz CT molecular complexity index is 1610. The van der Waals surface area contributed by atoms with Crippen molar-refractivity contribution in [1.29, 1.82) is 0 Å². The van der Waals surface area contributed by atoms with Crippen molar-refractivity contribution in [1.82, 2.24) is 24.6 Å². The zero-order valence-electron chi connectivity index (χ0n) is 31.5. The number of carbonyl (C=O) groups is 1. The summed E-state index contributed by atoms with van der Waals surface area (Å²) >= 11 is 0. The molecule has 4 atom stereocenters. The van der Waals surface area contributed by atoms with E-state index in [9.17, 15) is 18.9 Å². The van der Waals surface area contributed by atoms with Gasteiger partial charge in [-0.05, 0) is 25.5 Å². The van der Waals surface area contributed by atoms with Crippen molar-refractivity contribution in [3.8, 4) is 18.1 Å². The number of fused-ring (bicyclic) bond motifs is 1. The van der Waals surface area contributed by atoms with Gasteiger partial charge in [0.1, 0.15) is 30.0 Å². The summed E-state index contributed by atoms with van der Waals surface area (Å²) in [7, 11) is -3.11. The van der Waals surface area contributed by atoms with Gasteiger partial charge >= 0.3 is 19.8 Å². The quantitative estimate of drug-likeness (QED) is 0.0219. The number of anilines is 1. The predicted molar refractivity (Wildman–Crippen MR) is 203 cm³/mol. The van der Waals surface area contributed by atoms with E-state index in [0.717, 1.165) is 25.7 Å². The Hall–Kier alpha value is -3.60. The van der Waals surface area contributed by atoms with Crippen LogP contribution in [-0.4, -0.2) is 68.7 Å². The zero-order chi connectivity index (χ0) is 38.5. The third kappa shape index (κ3) is 14.6. The molecule has 3 rings (SSSR count). The number of hydrogen-bond acceptors (Lipinski definition) is 11. The minimum absolute atomic E-state index is 0.0217. The average Bonchev–Trinajstić information content (AvgIpc) is 3.54. The summed E-state index contributed by atoms with van der Waals surface area (Å²) in [6, 6.07) is 7.13. The number of esters is 1. The smallest absolute Gasteiger partial charge is 0.459 e. The van der Waals surface area contributed by atoms with Crippen LogP contribution in [0.1, 0.15) is 110 Å². The molecule has 0 fully saturated rings. The van der Waals surface area contributed by atoms with Crippen LogP contribution < -0.4 is 15.3 Å². The van der Waals surface area contributed by atoms with Gasteiger partial charge in [0.25, 0.3) is 0 Å². The second-order valence-corrected chi connectivity index (χ2v) is 15.0. The molecule has 3 aromatic rings. The number of aliphatic hydroxyl groups is 1. The summed E-state index contributed by atoms with van der Waals surface area (Å²) in [4.78, 5) is 24.2. The van der Waals surface area contributed by atoms with Gasteiger partial charge in [-0.1, -0.05) is 121 Å². The van der Waals surface area contributed by atoms with E-state index in [1.807, 2.05) is 0 Å². The normalized spacial score (nSPS) is 14.9. The monoisotopic (exact) mass is 760 g/mol. The van der Waals surface area contributed by atoms with Gasteiger partial charge in [0.05, 0.1) is 19.5 Å². The van der Waals surface area contributed by atoms with Gasteiger partial charge in [-0.2, -0.15) is 19.4 Å². The highest BCUT2D eigenvalue weighted by Gasteiger charge is 2.42. The van der Waals surface area contributed by atoms with E-state index in [2.05, 4.69) is 32.9 Å². The maximum atomic E-state index is 14.1. The van der Waals surface area contributed by atoms with Crippen molar-refractivity contribution in [2.75, 3.05) is 26.1 Å². The van der Waals surface area contributed by atoms with Gasteiger partial charge in [0.2, 0.25) is 0 Å². The first kappa shape index (κ1) is 43.8. The molecule has 0 amide bonds. The number of ether oxygens (including phenoxy) is 2. The van der Waals surface area contributed by atoms with Crippen LogP contribution in [-0.2, 0) is 29.9 Å². The molecule has 1 unspecified atom stereocenters. The molecule has 0 aliphatic carbocycles. The number of nitrogen functional groups attached to an aromatic ring is 1. The topological polar surface area (TPSA) is 173 Å². The number of rotatable bonds is 28. The number of benzene rings is 1. The molecule has 0 spiro atoms. The first-order chi connectivity index (χ1) is 25.6. The molecule has 294 valence electrons. The molecule has 0 radical (unpaired) electrons. The van der Waals surface area contributed by atoms with E-state index in [-0.39, 0.29) is 35.9 Å². The number of hydrogen-bond donors (Lipinski definition) is 3. The average molecular weight is 761 g/mol. The lowest BCUT2D eigenvalue weighted by molar-refractivity contribution is -0.145. The van der Waals surface area contributed by atoms with E-state index < -0.39 is 44.1 Å². The lowest BCUT2D eigenvalue weighted by atomic mass is 9.98. The highest BCUT2D eigenvalue weighted by Crippen LogP contribution is 2.46. The third-order valence-corrected chi connectivity index (χ3v) is 10.7. The largest absolute Gasteiger partial charge is 0.465 e. The molecule has 0 saturated carbocycles. The second-order valence-electron chi connectivity index (χ2n) is 13.3. The fourth-order valence-electron chi connectivity index (χ4n) is 5.85. The van der Waals surface area contributed by atoms with Gasteiger partial charge in [0.15, 0.2) is 17.1 Å². The standard InChI is InChI=1S/C38H58FN6O7P/c1-5-7-8-9-10-11-12-13-14-15-16-17-18-19-23-26-50-36(47)30(3)44-53(48,52-31-24-21-20-22-25-31)51-28-38(6-2,49-4)32(46)27-45-29-41-33-34(40)42-37(39)43-35(33)45/h2,20-22,24-25,29-30,32,46H,5,7-19,23,26-28H2,1,3-4H3,(H,44,48)(H2,40,42,43)/t30-,32-,38+,53?/m0/s1. The van der Waals surface area contributed by atoms with Gasteiger partial charge in [-0.15, -0.1) is 6.42 Å². The first-order valence-corrected chi connectivity index (χ1v) is 20.4. The van der Waals surface area contributed by atoms with Crippen molar-refractivity contribution in [2.45, 2.75) is 134 Å². The number of methoxy groups -OCH3 is 1. The molecule has 2 heterocycles. The molecular weight excluding hydrogens is 702 g/mol. The number of aliphatic hydroxyl groups excluding tert-OH is 1. The molecule has 0 aliphatic heterocycles. The highest BCUT2D eigenvalue weighted by molar-refractivity contribution is 7.52. The molecular formula is C38H58FN6O7P. The third-order valence-electron chi connectivity index (χ3n) is 9.10. The Kier molecular flexibility index (Phi) is 19.2. The summed E-state index contributed by atoms with van der Waals surface area (Å²) in [5.74, 6) is 1.76. The van der Waals surface area contributed by atoms with Crippen molar-refractivity contribution < 1.29 is 37.4 Å². The van der Waals surface area contributed by atoms with E-state index in [0.29, 0.717) is 0 Å². The maximum Gasteiger partial charge on any atom is 0.459 e. The maximum absolute atomic E-state index is 14.1. The predicted octanol–water partition coefficient (Wildman–Crippen LogP) is 7.52. The molecule has 15 heteroatoms. The van der Waals surface area contributed by atoms with Crippen LogP contribution in [0.25, 0.3) is 11.2 Å². The molecule has 0 bridgehead atoms. The molecule has 53 heavy (non-hydrogen) atoms. The minimum Gasteiger partial charge on any atom is -0.465 e. The van der Waals surface area contributed by atoms with Gasteiger partial charge < -0.3 is 29.4 Å². The molecule has 2 aromatic heterocycles. The van der Waals surface area contributed by atoms with Gasteiger partial charge in [0, 0.05) is 7.11 Å². The Balaban J connectivity index is 1.48. The van der Waals surface area contributed by atoms with E-state index in [1.165, 1.54) is 95.6 Å². The molecule has 0 aliphatic rings. The van der Waals surface area contributed by atoms with Gasteiger partial charge in [-0.3, -0.25) is 9.32 Å². The number of nitrogens with two attached hydrogens (primary N) is 1. The van der Waals surface area contributed by atoms with Crippen molar-refractivity contribution in [3.63, 3.8) is 0 Å². The molecule has 0 saturated heterocycles. The molecule has 4 N–H and O–H groups in total. The second kappa shape index (κ2) is 23.2. The summed E-state index contributed by atoms with van der Waals surface area (Å²) in [5, 5.41) is 13.9. The molecule has 1 aromatic carbocycles. The number of halogens is 1. The van der Waals surface area contributed by atoms with Crippen LogP contribution in [0.15, 0.2) is 36.7 Å². The zero-order valence-corrected chi connectivity index (χ0v) is 32.4. The van der Waals surface area contributed by atoms with Crippen LogP contribution in [0.4, 0.5) is 10.2 Å². The lowest BCUT2D eigenvalue weighted by Crippen LogP contribution is -2.49. The van der Waals surface area contributed by atoms with Crippen LogP contribution in [0, 0.1) is 18.4 Å².